The van der Waals surface area contributed by atoms with E-state index < -0.39 is 15.9 Å². The van der Waals surface area contributed by atoms with Gasteiger partial charge in [-0.05, 0) is 54.3 Å². The lowest BCUT2D eigenvalue weighted by Crippen LogP contribution is -2.40. The number of nitrogens with zero attached hydrogens (tertiary/aromatic N) is 1. The zero-order chi connectivity index (χ0) is 23.4. The number of amides is 1. The number of halogens is 1. The van der Waals surface area contributed by atoms with Gasteiger partial charge in [0.05, 0.1) is 12.7 Å². The van der Waals surface area contributed by atoms with Crippen molar-refractivity contribution in [1.82, 2.24) is 4.31 Å². The van der Waals surface area contributed by atoms with Crippen LogP contribution in [0.25, 0.3) is 0 Å². The summed E-state index contributed by atoms with van der Waals surface area (Å²) in [6.07, 6.45) is 1.81. The van der Waals surface area contributed by atoms with Crippen LogP contribution in [0.15, 0.2) is 64.9 Å². The molecular weight excluding hydrogens is 480 g/mol. The van der Waals surface area contributed by atoms with Crippen molar-refractivity contribution in [3.8, 4) is 0 Å². The SMILES string of the molecule is NC(=O)c1ccc(Cl)c(Cc2ccc(S(=O)(=O)N3CCC(OCc4ccccc4)CC3)s2)c1. The van der Waals surface area contributed by atoms with Crippen LogP contribution in [0.3, 0.4) is 0 Å². The molecule has 0 radical (unpaired) electrons. The lowest BCUT2D eigenvalue weighted by molar-refractivity contribution is 0.0102. The van der Waals surface area contributed by atoms with Crippen LogP contribution in [-0.2, 0) is 27.8 Å². The molecule has 1 fully saturated rings. The molecule has 2 heterocycles. The van der Waals surface area contributed by atoms with Crippen LogP contribution >= 0.6 is 22.9 Å². The van der Waals surface area contributed by atoms with Gasteiger partial charge in [-0.15, -0.1) is 11.3 Å². The fraction of sp³-hybridized carbons (Fsp3) is 0.292. The van der Waals surface area contributed by atoms with Crippen LogP contribution in [0.2, 0.25) is 5.02 Å². The molecule has 0 unspecified atom stereocenters. The summed E-state index contributed by atoms with van der Waals surface area (Å²) in [5, 5.41) is 0.510. The van der Waals surface area contributed by atoms with E-state index >= 15 is 0 Å². The van der Waals surface area contributed by atoms with Crippen LogP contribution in [0, 0.1) is 0 Å². The highest BCUT2D eigenvalue weighted by Gasteiger charge is 2.31. The number of thiophene rings is 1. The molecule has 1 aliphatic heterocycles. The molecule has 0 bridgehead atoms. The van der Waals surface area contributed by atoms with Gasteiger partial charge in [0, 0.05) is 35.0 Å². The van der Waals surface area contributed by atoms with E-state index in [2.05, 4.69) is 0 Å². The van der Waals surface area contributed by atoms with E-state index in [0.29, 0.717) is 53.8 Å². The Kier molecular flexibility index (Phi) is 7.51. The molecule has 3 aromatic rings. The highest BCUT2D eigenvalue weighted by atomic mass is 35.5. The highest BCUT2D eigenvalue weighted by molar-refractivity contribution is 7.91. The van der Waals surface area contributed by atoms with Gasteiger partial charge >= 0.3 is 0 Å². The number of hydrogen-bond donors (Lipinski definition) is 1. The number of carbonyl (C=O) groups excluding carboxylic acids is 1. The summed E-state index contributed by atoms with van der Waals surface area (Å²) in [5.74, 6) is -0.529. The van der Waals surface area contributed by atoms with Gasteiger partial charge in [-0.1, -0.05) is 41.9 Å². The lowest BCUT2D eigenvalue weighted by Gasteiger charge is -2.30. The Morgan fingerprint density at radius 1 is 1.09 bits per heavy atom. The van der Waals surface area contributed by atoms with Crippen molar-refractivity contribution in [2.24, 2.45) is 5.73 Å². The topological polar surface area (TPSA) is 89.7 Å². The highest BCUT2D eigenvalue weighted by Crippen LogP contribution is 2.30. The predicted molar refractivity (Wildman–Crippen MR) is 130 cm³/mol. The van der Waals surface area contributed by atoms with Crippen LogP contribution in [0.5, 0.6) is 0 Å². The van der Waals surface area contributed by atoms with Gasteiger partial charge in [0.1, 0.15) is 4.21 Å². The van der Waals surface area contributed by atoms with Gasteiger partial charge in [0.25, 0.3) is 10.0 Å². The smallest absolute Gasteiger partial charge is 0.252 e. The minimum absolute atomic E-state index is 0.0511. The maximum absolute atomic E-state index is 13.2. The summed E-state index contributed by atoms with van der Waals surface area (Å²) in [7, 11) is -3.57. The van der Waals surface area contributed by atoms with Gasteiger partial charge in [0.15, 0.2) is 0 Å². The predicted octanol–water partition coefficient (Wildman–Crippen LogP) is 4.46. The molecule has 1 saturated heterocycles. The molecule has 1 aliphatic rings. The van der Waals surface area contributed by atoms with Crippen molar-refractivity contribution in [3.63, 3.8) is 0 Å². The molecule has 33 heavy (non-hydrogen) atoms. The van der Waals surface area contributed by atoms with Crippen LogP contribution in [0.1, 0.15) is 39.2 Å². The maximum atomic E-state index is 13.2. The third-order valence-corrected chi connectivity index (χ3v) is 9.48. The zero-order valence-electron chi connectivity index (χ0n) is 17.9. The first kappa shape index (κ1) is 23.9. The summed E-state index contributed by atoms with van der Waals surface area (Å²) >= 11 is 7.49. The van der Waals surface area contributed by atoms with E-state index in [1.54, 1.807) is 30.3 Å². The monoisotopic (exact) mass is 504 g/mol. The van der Waals surface area contributed by atoms with E-state index in [9.17, 15) is 13.2 Å². The van der Waals surface area contributed by atoms with Gasteiger partial charge < -0.3 is 10.5 Å². The van der Waals surface area contributed by atoms with Gasteiger partial charge in [-0.3, -0.25) is 4.79 Å². The first-order valence-corrected chi connectivity index (χ1v) is 13.3. The number of carbonyl (C=O) groups is 1. The second-order valence-electron chi connectivity index (χ2n) is 7.97. The molecule has 9 heteroatoms. The standard InChI is InChI=1S/C24H25ClN2O4S2/c25-22-8-6-18(24(26)28)14-19(22)15-21-7-9-23(32-21)33(29,30)27-12-10-20(11-13-27)31-16-17-4-2-1-3-5-17/h1-9,14,20H,10-13,15-16H2,(H2,26,28). The Balaban J connectivity index is 1.37. The van der Waals surface area contributed by atoms with Gasteiger partial charge in [-0.25, -0.2) is 8.42 Å². The minimum atomic E-state index is -3.57. The van der Waals surface area contributed by atoms with Crippen molar-refractivity contribution in [1.29, 1.82) is 0 Å². The Hall–Kier alpha value is -2.23. The third-order valence-electron chi connectivity index (χ3n) is 5.66. The van der Waals surface area contributed by atoms with E-state index in [1.165, 1.54) is 15.6 Å². The third kappa shape index (κ3) is 5.83. The van der Waals surface area contributed by atoms with Crippen LogP contribution in [-0.4, -0.2) is 37.8 Å². The summed E-state index contributed by atoms with van der Waals surface area (Å²) in [6, 6.07) is 18.2. The van der Waals surface area contributed by atoms with Crippen molar-refractivity contribution in [2.75, 3.05) is 13.1 Å². The first-order valence-electron chi connectivity index (χ1n) is 10.7. The van der Waals surface area contributed by atoms with Gasteiger partial charge in [0.2, 0.25) is 5.91 Å². The molecule has 1 aromatic heterocycles. The largest absolute Gasteiger partial charge is 0.373 e. The first-order chi connectivity index (χ1) is 15.8. The van der Waals surface area contributed by atoms with Crippen LogP contribution in [0.4, 0.5) is 0 Å². The van der Waals surface area contributed by atoms with Crippen molar-refractivity contribution >= 4 is 38.9 Å². The summed E-state index contributed by atoms with van der Waals surface area (Å²) in [4.78, 5) is 12.3. The number of primary amides is 1. The van der Waals surface area contributed by atoms with Crippen molar-refractivity contribution in [2.45, 2.75) is 36.2 Å². The molecule has 4 rings (SSSR count). The molecule has 0 saturated carbocycles. The van der Waals surface area contributed by atoms with E-state index in [-0.39, 0.29) is 6.10 Å². The molecule has 2 N–H and O–H groups in total. The maximum Gasteiger partial charge on any atom is 0.252 e. The summed E-state index contributed by atoms with van der Waals surface area (Å²) < 4.78 is 34.1. The fourth-order valence-corrected chi connectivity index (χ4v) is 6.98. The fourth-order valence-electron chi connectivity index (χ4n) is 3.80. The second kappa shape index (κ2) is 10.4. The molecule has 6 nitrogen and oxygen atoms in total. The Morgan fingerprint density at radius 3 is 2.52 bits per heavy atom. The quantitative estimate of drug-likeness (QED) is 0.490. The summed E-state index contributed by atoms with van der Waals surface area (Å²) in [6.45, 7) is 1.40. The lowest BCUT2D eigenvalue weighted by atomic mass is 10.1. The number of nitrogens with two attached hydrogens (primary N) is 1. The molecule has 0 spiro atoms. The van der Waals surface area contributed by atoms with E-state index in [1.807, 2.05) is 30.3 Å². The second-order valence-corrected chi connectivity index (χ2v) is 11.7. The zero-order valence-corrected chi connectivity index (χ0v) is 20.3. The average molecular weight is 505 g/mol. The van der Waals surface area contributed by atoms with E-state index in [0.717, 1.165) is 16.0 Å². The number of ether oxygens (including phenoxy) is 1. The van der Waals surface area contributed by atoms with Gasteiger partial charge in [-0.2, -0.15) is 4.31 Å². The Bertz CT molecular complexity index is 1220. The number of rotatable bonds is 8. The molecule has 174 valence electrons. The molecular formula is C24H25ClN2O4S2. The van der Waals surface area contributed by atoms with Crippen LogP contribution < -0.4 is 5.73 Å². The van der Waals surface area contributed by atoms with E-state index in [4.69, 9.17) is 22.1 Å². The Morgan fingerprint density at radius 2 is 1.82 bits per heavy atom. The molecule has 0 atom stereocenters. The average Bonchev–Trinajstić information content (AvgIpc) is 3.29. The number of piperidine rings is 1. The Labute approximate surface area is 203 Å². The molecule has 1 amide bonds. The molecule has 2 aromatic carbocycles. The van der Waals surface area contributed by atoms with Crippen molar-refractivity contribution < 1.29 is 17.9 Å². The number of hydrogen-bond acceptors (Lipinski definition) is 5. The number of benzene rings is 2. The van der Waals surface area contributed by atoms with Crippen molar-refractivity contribution in [3.05, 3.63) is 87.3 Å². The normalized spacial score (nSPS) is 15.5. The number of sulfonamides is 1. The summed E-state index contributed by atoms with van der Waals surface area (Å²) in [5.41, 5.74) is 7.57. The molecule has 0 aliphatic carbocycles. The minimum Gasteiger partial charge on any atom is -0.373 e.